The number of hydrogen-bond donors (Lipinski definition) is 0. The molecule has 1 atom stereocenters. The Balaban J connectivity index is 1.39. The SMILES string of the molecule is Cc1oc(-c2ccccc2F)nc1N1N=C(c2ccccc2)CC1N1CCc2ccccc2C1. The van der Waals surface area contributed by atoms with Gasteiger partial charge in [-0.1, -0.05) is 66.7 Å². The normalized spacial score (nSPS) is 18.1. The molecule has 0 bridgehead atoms. The van der Waals surface area contributed by atoms with Gasteiger partial charge in [-0.25, -0.2) is 9.40 Å². The van der Waals surface area contributed by atoms with E-state index in [-0.39, 0.29) is 17.9 Å². The van der Waals surface area contributed by atoms with Crippen LogP contribution in [0.4, 0.5) is 10.2 Å². The summed E-state index contributed by atoms with van der Waals surface area (Å²) in [5, 5.41) is 7.00. The minimum absolute atomic E-state index is 0.000771. The number of fused-ring (bicyclic) bond motifs is 1. The van der Waals surface area contributed by atoms with Gasteiger partial charge in [0.2, 0.25) is 5.89 Å². The summed E-state index contributed by atoms with van der Waals surface area (Å²) in [6, 6.07) is 25.4. The lowest BCUT2D eigenvalue weighted by Crippen LogP contribution is -2.46. The van der Waals surface area contributed by atoms with E-state index in [1.165, 1.54) is 17.2 Å². The molecule has 6 heteroatoms. The summed E-state index contributed by atoms with van der Waals surface area (Å²) >= 11 is 0. The number of aromatic nitrogens is 1. The van der Waals surface area contributed by atoms with Crippen molar-refractivity contribution in [2.75, 3.05) is 11.6 Å². The number of aryl methyl sites for hydroxylation is 1. The molecule has 0 spiro atoms. The van der Waals surface area contributed by atoms with Crippen LogP contribution >= 0.6 is 0 Å². The van der Waals surface area contributed by atoms with E-state index < -0.39 is 0 Å². The second-order valence-electron chi connectivity index (χ2n) is 8.81. The summed E-state index contributed by atoms with van der Waals surface area (Å²) in [7, 11) is 0. The fraction of sp³-hybridized carbons (Fsp3) is 0.214. The van der Waals surface area contributed by atoms with E-state index in [1.807, 2.05) is 30.1 Å². The molecule has 0 saturated carbocycles. The number of rotatable bonds is 4. The Morgan fingerprint density at radius 3 is 2.47 bits per heavy atom. The monoisotopic (exact) mass is 452 g/mol. The average Bonchev–Trinajstić information content (AvgIpc) is 3.48. The Labute approximate surface area is 198 Å². The van der Waals surface area contributed by atoms with Crippen LogP contribution in [0, 0.1) is 12.7 Å². The lowest BCUT2D eigenvalue weighted by atomic mass is 9.98. The van der Waals surface area contributed by atoms with Crippen molar-refractivity contribution in [1.82, 2.24) is 9.88 Å². The molecule has 0 N–H and O–H groups in total. The summed E-state index contributed by atoms with van der Waals surface area (Å²) < 4.78 is 20.4. The summed E-state index contributed by atoms with van der Waals surface area (Å²) in [6.07, 6.45) is 1.77. The van der Waals surface area contributed by atoms with Crippen molar-refractivity contribution >= 4 is 11.5 Å². The minimum atomic E-state index is -0.352. The average molecular weight is 453 g/mol. The van der Waals surface area contributed by atoms with Crippen LogP contribution in [0.3, 0.4) is 0 Å². The number of halogens is 1. The zero-order chi connectivity index (χ0) is 23.1. The van der Waals surface area contributed by atoms with Crippen LogP contribution in [-0.2, 0) is 13.0 Å². The number of benzene rings is 3. The molecule has 0 saturated heterocycles. The van der Waals surface area contributed by atoms with E-state index in [0.717, 1.165) is 37.2 Å². The molecule has 1 aromatic heterocycles. The molecule has 6 rings (SSSR count). The first-order chi connectivity index (χ1) is 16.7. The highest BCUT2D eigenvalue weighted by atomic mass is 19.1. The molecule has 170 valence electrons. The van der Waals surface area contributed by atoms with Crippen molar-refractivity contribution < 1.29 is 8.81 Å². The molecule has 5 nitrogen and oxygen atoms in total. The molecule has 2 aliphatic heterocycles. The van der Waals surface area contributed by atoms with E-state index in [0.29, 0.717) is 17.1 Å². The van der Waals surface area contributed by atoms with Crippen molar-refractivity contribution in [3.63, 3.8) is 0 Å². The third kappa shape index (κ3) is 3.70. The first-order valence-electron chi connectivity index (χ1n) is 11.6. The predicted molar refractivity (Wildman–Crippen MR) is 131 cm³/mol. The molecule has 4 aromatic rings. The summed E-state index contributed by atoms with van der Waals surface area (Å²) in [4.78, 5) is 7.18. The van der Waals surface area contributed by atoms with Crippen LogP contribution in [0.1, 0.15) is 28.9 Å². The highest BCUT2D eigenvalue weighted by Gasteiger charge is 2.37. The zero-order valence-corrected chi connectivity index (χ0v) is 19.0. The Morgan fingerprint density at radius 1 is 0.912 bits per heavy atom. The van der Waals surface area contributed by atoms with Crippen molar-refractivity contribution in [3.8, 4) is 11.5 Å². The van der Waals surface area contributed by atoms with Crippen molar-refractivity contribution in [1.29, 1.82) is 0 Å². The molecule has 2 aliphatic rings. The minimum Gasteiger partial charge on any atom is -0.439 e. The van der Waals surface area contributed by atoms with E-state index in [1.54, 1.807) is 18.2 Å². The number of nitrogens with zero attached hydrogens (tertiary/aromatic N) is 4. The third-order valence-corrected chi connectivity index (χ3v) is 6.67. The molecule has 0 amide bonds. The van der Waals surface area contributed by atoms with Gasteiger partial charge in [0, 0.05) is 19.5 Å². The first-order valence-corrected chi connectivity index (χ1v) is 11.6. The van der Waals surface area contributed by atoms with Gasteiger partial charge in [-0.05, 0) is 42.2 Å². The quantitative estimate of drug-likeness (QED) is 0.393. The van der Waals surface area contributed by atoms with Gasteiger partial charge in [0.05, 0.1) is 11.3 Å². The Morgan fingerprint density at radius 2 is 1.65 bits per heavy atom. The van der Waals surface area contributed by atoms with Crippen molar-refractivity contribution in [2.45, 2.75) is 32.5 Å². The predicted octanol–water partition coefficient (Wildman–Crippen LogP) is 5.79. The Kier molecular flexibility index (Phi) is 5.23. The highest BCUT2D eigenvalue weighted by molar-refractivity contribution is 6.03. The number of oxazole rings is 1. The zero-order valence-electron chi connectivity index (χ0n) is 19.0. The maximum atomic E-state index is 14.4. The van der Waals surface area contributed by atoms with Crippen LogP contribution in [0.15, 0.2) is 88.4 Å². The summed E-state index contributed by atoms with van der Waals surface area (Å²) in [5.41, 5.74) is 5.23. The van der Waals surface area contributed by atoms with Crippen LogP contribution < -0.4 is 5.01 Å². The Hall–Kier alpha value is -3.77. The summed E-state index contributed by atoms with van der Waals surface area (Å²) in [6.45, 7) is 3.66. The number of anilines is 1. The first kappa shape index (κ1) is 20.8. The van der Waals surface area contributed by atoms with E-state index >= 15 is 0 Å². The van der Waals surface area contributed by atoms with Crippen LogP contribution in [0.5, 0.6) is 0 Å². The van der Waals surface area contributed by atoms with Crippen LogP contribution in [-0.4, -0.2) is 28.3 Å². The van der Waals surface area contributed by atoms with Gasteiger partial charge in [-0.2, -0.15) is 10.1 Å². The molecule has 0 radical (unpaired) electrons. The van der Waals surface area contributed by atoms with Crippen molar-refractivity contribution in [2.24, 2.45) is 5.10 Å². The number of hydrogen-bond acceptors (Lipinski definition) is 5. The molecule has 1 unspecified atom stereocenters. The van der Waals surface area contributed by atoms with Crippen molar-refractivity contribution in [3.05, 3.63) is 107 Å². The molecule has 34 heavy (non-hydrogen) atoms. The largest absolute Gasteiger partial charge is 0.439 e. The maximum absolute atomic E-state index is 14.4. The topological polar surface area (TPSA) is 44.9 Å². The lowest BCUT2D eigenvalue weighted by Gasteiger charge is -2.36. The van der Waals surface area contributed by atoms with Gasteiger partial charge in [-0.3, -0.25) is 4.90 Å². The highest BCUT2D eigenvalue weighted by Crippen LogP contribution is 2.35. The van der Waals surface area contributed by atoms with E-state index in [9.17, 15) is 4.39 Å². The third-order valence-electron chi connectivity index (χ3n) is 6.67. The lowest BCUT2D eigenvalue weighted by molar-refractivity contribution is 0.183. The van der Waals surface area contributed by atoms with Gasteiger partial charge in [-0.15, -0.1) is 0 Å². The molecule has 0 aliphatic carbocycles. The van der Waals surface area contributed by atoms with Gasteiger partial charge in [0.25, 0.3) is 0 Å². The summed E-state index contributed by atoms with van der Waals surface area (Å²) in [5.74, 6) is 1.18. The van der Waals surface area contributed by atoms with E-state index in [2.05, 4.69) is 41.3 Å². The smallest absolute Gasteiger partial charge is 0.231 e. The molecule has 3 heterocycles. The Bertz CT molecular complexity index is 1360. The van der Waals surface area contributed by atoms with E-state index in [4.69, 9.17) is 14.5 Å². The second-order valence-corrected chi connectivity index (χ2v) is 8.81. The second kappa shape index (κ2) is 8.54. The van der Waals surface area contributed by atoms with Crippen LogP contribution in [0.2, 0.25) is 0 Å². The maximum Gasteiger partial charge on any atom is 0.231 e. The molecule has 0 fully saturated rings. The van der Waals surface area contributed by atoms with Gasteiger partial charge < -0.3 is 4.42 Å². The van der Waals surface area contributed by atoms with Crippen LogP contribution in [0.25, 0.3) is 11.5 Å². The van der Waals surface area contributed by atoms with Gasteiger partial charge in [0.15, 0.2) is 5.82 Å². The number of hydrazone groups is 1. The van der Waals surface area contributed by atoms with Gasteiger partial charge >= 0.3 is 0 Å². The molecular formula is C28H25FN4O. The standard InChI is InChI=1S/C28H25FN4O/c1-19-27(30-28(34-19)23-13-7-8-14-24(23)29)33-26(17-25(31-33)21-10-3-2-4-11-21)32-16-15-20-9-5-6-12-22(20)18-32/h2-14,26H,15-18H2,1H3. The molecular weight excluding hydrogens is 427 g/mol. The fourth-order valence-corrected chi connectivity index (χ4v) is 4.90. The molecule has 3 aromatic carbocycles. The fourth-order valence-electron chi connectivity index (χ4n) is 4.90. The van der Waals surface area contributed by atoms with Gasteiger partial charge in [0.1, 0.15) is 17.7 Å².